The van der Waals surface area contributed by atoms with E-state index in [1.807, 2.05) is 38.1 Å². The molecule has 1 unspecified atom stereocenters. The van der Waals surface area contributed by atoms with Crippen LogP contribution in [0.25, 0.3) is 11.1 Å². The van der Waals surface area contributed by atoms with Gasteiger partial charge >= 0.3 is 0 Å². The van der Waals surface area contributed by atoms with Crippen molar-refractivity contribution < 1.29 is 13.9 Å². The number of carbonyl (C=O) groups is 1. The molecule has 0 aliphatic carbocycles. The van der Waals surface area contributed by atoms with Gasteiger partial charge in [-0.15, -0.1) is 0 Å². The number of aryl methyl sites for hydroxylation is 1. The van der Waals surface area contributed by atoms with E-state index in [1.165, 1.54) is 5.69 Å². The second-order valence-corrected chi connectivity index (χ2v) is 9.16. The summed E-state index contributed by atoms with van der Waals surface area (Å²) in [5.41, 5.74) is 5.50. The molecule has 0 N–H and O–H groups in total. The Morgan fingerprint density at radius 2 is 1.97 bits per heavy atom. The lowest BCUT2D eigenvalue weighted by atomic mass is 10.0. The van der Waals surface area contributed by atoms with Crippen LogP contribution in [-0.4, -0.2) is 56.7 Å². The molecule has 186 valence electrons. The van der Waals surface area contributed by atoms with Gasteiger partial charge in [-0.2, -0.15) is 10.2 Å². The van der Waals surface area contributed by atoms with Crippen molar-refractivity contribution in [3.63, 3.8) is 0 Å². The average Bonchev–Trinajstić information content (AvgIpc) is 3.65. The lowest BCUT2D eigenvalue weighted by Crippen LogP contribution is -2.35. The lowest BCUT2D eigenvalue weighted by molar-refractivity contribution is -0.129. The summed E-state index contributed by atoms with van der Waals surface area (Å²) in [4.78, 5) is 16.2. The van der Waals surface area contributed by atoms with Crippen LogP contribution in [0, 0.1) is 5.82 Å². The molecule has 6 rings (SSSR count). The second kappa shape index (κ2) is 9.45. The normalized spacial score (nSPS) is 18.8. The fourth-order valence-corrected chi connectivity index (χ4v) is 5.34. The summed E-state index contributed by atoms with van der Waals surface area (Å²) in [7, 11) is 1.85. The maximum atomic E-state index is 15.1. The predicted molar refractivity (Wildman–Crippen MR) is 132 cm³/mol. The summed E-state index contributed by atoms with van der Waals surface area (Å²) in [5.74, 6) is 0.705. The van der Waals surface area contributed by atoms with Gasteiger partial charge in [-0.05, 0) is 30.5 Å². The highest BCUT2D eigenvalue weighted by Crippen LogP contribution is 2.42. The molecule has 35 heavy (non-hydrogen) atoms. The highest BCUT2D eigenvalue weighted by atomic mass is 19.1. The van der Waals surface area contributed by atoms with Crippen LogP contribution in [0.1, 0.15) is 50.1 Å². The van der Waals surface area contributed by atoms with E-state index in [-0.39, 0.29) is 17.8 Å². The van der Waals surface area contributed by atoms with Gasteiger partial charge in [-0.3, -0.25) is 14.2 Å². The number of rotatable bonds is 3. The number of hydrogen-bond acceptors (Lipinski definition) is 5. The van der Waals surface area contributed by atoms with Gasteiger partial charge in [0.1, 0.15) is 5.82 Å². The number of halogens is 1. The van der Waals surface area contributed by atoms with Crippen molar-refractivity contribution in [1.82, 2.24) is 24.5 Å². The van der Waals surface area contributed by atoms with E-state index in [9.17, 15) is 4.79 Å². The van der Waals surface area contributed by atoms with E-state index in [2.05, 4.69) is 14.7 Å². The molecule has 9 heteroatoms. The third-order valence-corrected chi connectivity index (χ3v) is 7.10. The molecule has 3 aromatic rings. The number of aromatic nitrogens is 4. The molecule has 3 aliphatic rings. The SMILES string of the molecule is CC.CC(=O)N1CCc2c(c(N3CCc4c(F)cc(-c5cnn(C)c5)cc43)nn2C2CCOC2)C1. The summed E-state index contributed by atoms with van der Waals surface area (Å²) in [5, 5.41) is 9.31. The summed E-state index contributed by atoms with van der Waals surface area (Å²) < 4.78 is 24.6. The molecule has 1 atom stereocenters. The van der Waals surface area contributed by atoms with Crippen LogP contribution in [0.3, 0.4) is 0 Å². The minimum Gasteiger partial charge on any atom is -0.379 e. The molecule has 0 bridgehead atoms. The van der Waals surface area contributed by atoms with Crippen LogP contribution in [0.5, 0.6) is 0 Å². The molecule has 1 saturated heterocycles. The van der Waals surface area contributed by atoms with Crippen LogP contribution in [-0.2, 0) is 36.0 Å². The summed E-state index contributed by atoms with van der Waals surface area (Å²) in [6.45, 7) is 8.89. The van der Waals surface area contributed by atoms with E-state index in [0.717, 1.165) is 53.2 Å². The summed E-state index contributed by atoms with van der Waals surface area (Å²) >= 11 is 0. The first kappa shape index (κ1) is 23.5. The van der Waals surface area contributed by atoms with Crippen molar-refractivity contribution in [2.45, 2.75) is 52.6 Å². The first-order valence-electron chi connectivity index (χ1n) is 12.5. The Morgan fingerprint density at radius 3 is 2.66 bits per heavy atom. The molecule has 8 nitrogen and oxygen atoms in total. The monoisotopic (exact) mass is 480 g/mol. The fourth-order valence-electron chi connectivity index (χ4n) is 5.34. The van der Waals surface area contributed by atoms with Crippen LogP contribution >= 0.6 is 0 Å². The van der Waals surface area contributed by atoms with E-state index >= 15 is 4.39 Å². The van der Waals surface area contributed by atoms with Crippen molar-refractivity contribution in [3.8, 4) is 11.1 Å². The van der Waals surface area contributed by atoms with Gasteiger partial charge in [0.25, 0.3) is 0 Å². The van der Waals surface area contributed by atoms with E-state index in [1.54, 1.807) is 23.9 Å². The zero-order chi connectivity index (χ0) is 24.7. The van der Waals surface area contributed by atoms with Crippen molar-refractivity contribution in [3.05, 3.63) is 47.2 Å². The van der Waals surface area contributed by atoms with Gasteiger partial charge in [0.15, 0.2) is 5.82 Å². The molecular formula is C26H33FN6O2. The highest BCUT2D eigenvalue weighted by molar-refractivity contribution is 5.78. The van der Waals surface area contributed by atoms with Crippen molar-refractivity contribution in [2.75, 3.05) is 31.2 Å². The number of ether oxygens (including phenoxy) is 1. The standard InChI is InChI=1S/C24H27FN6O2.C2H6/c1-15(32)29-6-4-22-20(13-29)24(27-31(22)18-5-8-33-14-18)30-7-3-19-21(25)9-16(10-23(19)30)17-11-26-28(2)12-17;1-2/h9-12,18H,3-8,13-14H2,1-2H3;1-2H3. The largest absolute Gasteiger partial charge is 0.379 e. The molecule has 3 aliphatic heterocycles. The first-order chi connectivity index (χ1) is 17.0. The predicted octanol–water partition coefficient (Wildman–Crippen LogP) is 4.01. The Balaban J connectivity index is 0.00000124. The average molecular weight is 481 g/mol. The minimum atomic E-state index is -0.197. The Bertz CT molecular complexity index is 1240. The Kier molecular flexibility index (Phi) is 6.35. The van der Waals surface area contributed by atoms with Gasteiger partial charge in [-0.1, -0.05) is 13.8 Å². The minimum absolute atomic E-state index is 0.0651. The summed E-state index contributed by atoms with van der Waals surface area (Å²) in [6.07, 6.45) is 5.96. The number of hydrogen-bond donors (Lipinski definition) is 0. The number of carbonyl (C=O) groups excluding carboxylic acids is 1. The maximum absolute atomic E-state index is 15.1. The second-order valence-electron chi connectivity index (χ2n) is 9.16. The van der Waals surface area contributed by atoms with Gasteiger partial charge in [0.05, 0.1) is 25.4 Å². The number of benzene rings is 1. The molecule has 1 aromatic carbocycles. The molecule has 1 fully saturated rings. The Morgan fingerprint density at radius 1 is 1.14 bits per heavy atom. The van der Waals surface area contributed by atoms with E-state index in [4.69, 9.17) is 9.84 Å². The third kappa shape index (κ3) is 4.11. The number of anilines is 2. The zero-order valence-electron chi connectivity index (χ0n) is 20.9. The third-order valence-electron chi connectivity index (χ3n) is 7.10. The number of fused-ring (bicyclic) bond motifs is 2. The van der Waals surface area contributed by atoms with E-state index < -0.39 is 0 Å². The van der Waals surface area contributed by atoms with Gasteiger partial charge < -0.3 is 14.5 Å². The molecule has 0 saturated carbocycles. The quantitative estimate of drug-likeness (QED) is 0.567. The first-order valence-corrected chi connectivity index (χ1v) is 12.5. The molecule has 0 radical (unpaired) electrons. The van der Waals surface area contributed by atoms with Crippen molar-refractivity contribution in [1.29, 1.82) is 0 Å². The van der Waals surface area contributed by atoms with Crippen LogP contribution in [0.15, 0.2) is 24.5 Å². The van der Waals surface area contributed by atoms with Crippen molar-refractivity contribution in [2.24, 2.45) is 7.05 Å². The molecule has 5 heterocycles. The van der Waals surface area contributed by atoms with Gasteiger partial charge in [-0.25, -0.2) is 4.39 Å². The Labute approximate surface area is 205 Å². The summed E-state index contributed by atoms with van der Waals surface area (Å²) in [6, 6.07) is 3.84. The van der Waals surface area contributed by atoms with Crippen molar-refractivity contribution >= 4 is 17.4 Å². The van der Waals surface area contributed by atoms with Crippen LogP contribution < -0.4 is 4.90 Å². The molecule has 0 spiro atoms. The fraction of sp³-hybridized carbons (Fsp3) is 0.500. The zero-order valence-corrected chi connectivity index (χ0v) is 20.9. The maximum Gasteiger partial charge on any atom is 0.219 e. The smallest absolute Gasteiger partial charge is 0.219 e. The van der Waals surface area contributed by atoms with Crippen LogP contribution in [0.4, 0.5) is 15.9 Å². The number of amides is 1. The van der Waals surface area contributed by atoms with Gasteiger partial charge in [0, 0.05) is 74.4 Å². The molecular weight excluding hydrogens is 447 g/mol. The van der Waals surface area contributed by atoms with E-state index in [0.29, 0.717) is 32.7 Å². The lowest BCUT2D eigenvalue weighted by Gasteiger charge is -2.28. The van der Waals surface area contributed by atoms with Gasteiger partial charge in [0.2, 0.25) is 5.91 Å². The molecule has 2 aromatic heterocycles. The highest BCUT2D eigenvalue weighted by Gasteiger charge is 2.35. The topological polar surface area (TPSA) is 68.4 Å². The number of nitrogens with zero attached hydrogens (tertiary/aromatic N) is 6. The van der Waals surface area contributed by atoms with Crippen LogP contribution in [0.2, 0.25) is 0 Å². The molecule has 1 amide bonds. The Hall–Kier alpha value is -3.20.